The first kappa shape index (κ1) is 11.2. The quantitative estimate of drug-likeness (QED) is 0.648. The number of aromatic nitrogens is 2. The molecule has 0 saturated carbocycles. The Labute approximate surface area is 110 Å². The number of nitrogens with zero attached hydrogens (tertiary/aromatic N) is 2. The topological polar surface area (TPSA) is 25.8 Å². The van der Waals surface area contributed by atoms with E-state index in [9.17, 15) is 0 Å². The third-order valence-electron chi connectivity index (χ3n) is 2.97. The lowest BCUT2D eigenvalue weighted by Gasteiger charge is -2.06. The molecule has 0 spiro atoms. The summed E-state index contributed by atoms with van der Waals surface area (Å²) in [6.07, 6.45) is 0. The van der Waals surface area contributed by atoms with Crippen LogP contribution in [0.4, 0.5) is 0 Å². The zero-order valence-corrected chi connectivity index (χ0v) is 10.6. The van der Waals surface area contributed by atoms with Gasteiger partial charge in [-0.2, -0.15) is 0 Å². The Morgan fingerprint density at radius 1 is 0.833 bits per heavy atom. The summed E-state index contributed by atoms with van der Waals surface area (Å²) >= 11 is 6.07. The van der Waals surface area contributed by atoms with Crippen LogP contribution in [0, 0.1) is 6.92 Å². The van der Waals surface area contributed by atoms with Crippen molar-refractivity contribution in [3.63, 3.8) is 0 Å². The molecule has 2 aromatic carbocycles. The summed E-state index contributed by atoms with van der Waals surface area (Å²) in [5.41, 5.74) is 3.15. The number of halogens is 1. The Hall–Kier alpha value is -1.93. The van der Waals surface area contributed by atoms with Crippen LogP contribution in [0.15, 0.2) is 48.5 Å². The second-order valence-electron chi connectivity index (χ2n) is 4.25. The third kappa shape index (κ3) is 1.85. The van der Waals surface area contributed by atoms with E-state index in [0.29, 0.717) is 5.15 Å². The molecule has 0 radical (unpaired) electrons. The van der Waals surface area contributed by atoms with Crippen molar-refractivity contribution >= 4 is 22.4 Å². The second-order valence-corrected chi connectivity index (χ2v) is 4.61. The molecule has 3 heteroatoms. The molecule has 88 valence electrons. The summed E-state index contributed by atoms with van der Waals surface area (Å²) in [5, 5.41) is 10.7. The fourth-order valence-corrected chi connectivity index (χ4v) is 2.20. The van der Waals surface area contributed by atoms with Gasteiger partial charge in [0.15, 0.2) is 5.15 Å². The third-order valence-corrected chi connectivity index (χ3v) is 3.25. The monoisotopic (exact) mass is 254 g/mol. The van der Waals surface area contributed by atoms with Gasteiger partial charge < -0.3 is 0 Å². The molecule has 3 rings (SSSR count). The molecule has 0 aliphatic carbocycles. The molecule has 2 nitrogen and oxygen atoms in total. The largest absolute Gasteiger partial charge is 0.159 e. The van der Waals surface area contributed by atoms with Crippen LogP contribution in [0.25, 0.3) is 22.0 Å². The SMILES string of the molecule is Cc1ccc(-c2nnc(Cl)c3ccccc23)cc1. The van der Waals surface area contributed by atoms with Crippen LogP contribution in [0.5, 0.6) is 0 Å². The number of aryl methyl sites for hydroxylation is 1. The molecule has 18 heavy (non-hydrogen) atoms. The molecule has 0 aliphatic rings. The van der Waals surface area contributed by atoms with Gasteiger partial charge in [-0.15, -0.1) is 10.2 Å². The van der Waals surface area contributed by atoms with E-state index < -0.39 is 0 Å². The van der Waals surface area contributed by atoms with Crippen molar-refractivity contribution in [3.05, 3.63) is 59.2 Å². The van der Waals surface area contributed by atoms with Gasteiger partial charge in [0.05, 0.1) is 0 Å². The Balaban J connectivity index is 2.30. The van der Waals surface area contributed by atoms with E-state index in [1.165, 1.54) is 5.56 Å². The number of hydrogen-bond acceptors (Lipinski definition) is 2. The Morgan fingerprint density at radius 2 is 1.50 bits per heavy atom. The van der Waals surface area contributed by atoms with Crippen molar-refractivity contribution in [2.24, 2.45) is 0 Å². The summed E-state index contributed by atoms with van der Waals surface area (Å²) in [7, 11) is 0. The zero-order chi connectivity index (χ0) is 12.5. The maximum Gasteiger partial charge on any atom is 0.159 e. The van der Waals surface area contributed by atoms with Gasteiger partial charge in [0.2, 0.25) is 0 Å². The summed E-state index contributed by atoms with van der Waals surface area (Å²) in [5.74, 6) is 0. The first-order valence-corrected chi connectivity index (χ1v) is 6.11. The highest BCUT2D eigenvalue weighted by atomic mass is 35.5. The summed E-state index contributed by atoms with van der Waals surface area (Å²) in [6, 6.07) is 16.2. The molecule has 0 atom stereocenters. The number of hydrogen-bond donors (Lipinski definition) is 0. The summed E-state index contributed by atoms with van der Waals surface area (Å²) in [6.45, 7) is 2.06. The molecule has 0 aliphatic heterocycles. The number of benzene rings is 2. The predicted molar refractivity (Wildman–Crippen MR) is 74.7 cm³/mol. The average molecular weight is 255 g/mol. The smallest absolute Gasteiger partial charge is 0.148 e. The fourth-order valence-electron chi connectivity index (χ4n) is 2.00. The Kier molecular flexibility index (Phi) is 2.73. The van der Waals surface area contributed by atoms with Gasteiger partial charge in [0.1, 0.15) is 5.69 Å². The van der Waals surface area contributed by atoms with E-state index in [0.717, 1.165) is 22.0 Å². The number of rotatable bonds is 1. The molecule has 0 bridgehead atoms. The van der Waals surface area contributed by atoms with Gasteiger partial charge in [-0.3, -0.25) is 0 Å². The van der Waals surface area contributed by atoms with E-state index in [1.54, 1.807) is 0 Å². The Morgan fingerprint density at radius 3 is 2.22 bits per heavy atom. The van der Waals surface area contributed by atoms with Crippen molar-refractivity contribution in [2.45, 2.75) is 6.92 Å². The van der Waals surface area contributed by atoms with Gasteiger partial charge in [0.25, 0.3) is 0 Å². The number of fused-ring (bicyclic) bond motifs is 1. The maximum atomic E-state index is 6.07. The lowest BCUT2D eigenvalue weighted by Crippen LogP contribution is -1.91. The maximum absolute atomic E-state index is 6.07. The molecule has 0 N–H and O–H groups in total. The minimum absolute atomic E-state index is 0.446. The first-order valence-electron chi connectivity index (χ1n) is 5.73. The molecule has 0 fully saturated rings. The first-order chi connectivity index (χ1) is 8.75. The van der Waals surface area contributed by atoms with Crippen molar-refractivity contribution in [1.82, 2.24) is 10.2 Å². The van der Waals surface area contributed by atoms with Gasteiger partial charge in [-0.1, -0.05) is 65.7 Å². The van der Waals surface area contributed by atoms with Crippen LogP contribution in [0.1, 0.15) is 5.56 Å². The zero-order valence-electron chi connectivity index (χ0n) is 9.89. The minimum atomic E-state index is 0.446. The van der Waals surface area contributed by atoms with Crippen molar-refractivity contribution in [1.29, 1.82) is 0 Å². The lowest BCUT2D eigenvalue weighted by molar-refractivity contribution is 1.06. The highest BCUT2D eigenvalue weighted by Crippen LogP contribution is 2.29. The fraction of sp³-hybridized carbons (Fsp3) is 0.0667. The molecule has 0 amide bonds. The van der Waals surface area contributed by atoms with Crippen LogP contribution in [0.3, 0.4) is 0 Å². The van der Waals surface area contributed by atoms with Gasteiger partial charge in [-0.25, -0.2) is 0 Å². The van der Waals surface area contributed by atoms with Crippen molar-refractivity contribution in [2.75, 3.05) is 0 Å². The van der Waals surface area contributed by atoms with E-state index in [4.69, 9.17) is 11.6 Å². The molecular formula is C15H11ClN2. The average Bonchev–Trinajstić information content (AvgIpc) is 2.41. The van der Waals surface area contributed by atoms with Crippen LogP contribution < -0.4 is 0 Å². The Bertz CT molecular complexity index is 705. The second kappa shape index (κ2) is 4.39. The van der Waals surface area contributed by atoms with E-state index in [-0.39, 0.29) is 0 Å². The normalized spacial score (nSPS) is 10.8. The molecule has 1 aromatic heterocycles. The molecule has 0 saturated heterocycles. The van der Waals surface area contributed by atoms with E-state index in [2.05, 4.69) is 41.4 Å². The molecule has 1 heterocycles. The standard InChI is InChI=1S/C15H11ClN2/c1-10-6-8-11(9-7-10)14-12-4-2-3-5-13(12)15(16)18-17-14/h2-9H,1H3. The highest BCUT2D eigenvalue weighted by molar-refractivity contribution is 6.34. The van der Waals surface area contributed by atoms with Crippen LogP contribution >= 0.6 is 11.6 Å². The van der Waals surface area contributed by atoms with Crippen LogP contribution in [-0.4, -0.2) is 10.2 Å². The van der Waals surface area contributed by atoms with Crippen molar-refractivity contribution in [3.8, 4) is 11.3 Å². The van der Waals surface area contributed by atoms with Crippen LogP contribution in [0.2, 0.25) is 5.15 Å². The lowest BCUT2D eigenvalue weighted by atomic mass is 10.0. The predicted octanol–water partition coefficient (Wildman–Crippen LogP) is 4.26. The summed E-state index contributed by atoms with van der Waals surface area (Å²) in [4.78, 5) is 0. The van der Waals surface area contributed by atoms with E-state index in [1.807, 2.05) is 24.3 Å². The molecule has 3 aromatic rings. The molecular weight excluding hydrogens is 244 g/mol. The minimum Gasteiger partial charge on any atom is -0.148 e. The van der Waals surface area contributed by atoms with E-state index >= 15 is 0 Å². The van der Waals surface area contributed by atoms with Gasteiger partial charge >= 0.3 is 0 Å². The van der Waals surface area contributed by atoms with Gasteiger partial charge in [0, 0.05) is 16.3 Å². The molecule has 0 unspecified atom stereocenters. The van der Waals surface area contributed by atoms with Crippen molar-refractivity contribution < 1.29 is 0 Å². The summed E-state index contributed by atoms with van der Waals surface area (Å²) < 4.78 is 0. The van der Waals surface area contributed by atoms with Gasteiger partial charge in [-0.05, 0) is 6.92 Å². The van der Waals surface area contributed by atoms with Crippen LogP contribution in [-0.2, 0) is 0 Å². The highest BCUT2D eigenvalue weighted by Gasteiger charge is 2.08.